The molecule has 0 bridgehead atoms. The molecule has 0 spiro atoms. The number of fused-ring (bicyclic) bond motifs is 2. The smallest absolute Gasteiger partial charge is 0.481 e. The summed E-state index contributed by atoms with van der Waals surface area (Å²) in [4.78, 5) is 134. The molecule has 7 amide bonds. The fourth-order valence-corrected chi connectivity index (χ4v) is 10.0. The number of guanidine groups is 2. The number of carbonyl (C=O) groups excluding carboxylic acids is 9. The number of alkyl halides is 3. The molecule has 0 radical (unpaired) electrons. The minimum absolute atomic E-state index is 0.0353. The van der Waals surface area contributed by atoms with Crippen LogP contribution < -0.4 is 21.7 Å². The van der Waals surface area contributed by atoms with E-state index in [0.717, 1.165) is 25.0 Å². The molecule has 7 heterocycles. The zero-order valence-electron chi connectivity index (χ0n) is 33.3. The largest absolute Gasteiger partial charge is 0.560 e. The number of unbranched alkanes of at least 4 members (excludes halogenated alkanes) is 2. The molecule has 346 valence electrons. The summed E-state index contributed by atoms with van der Waals surface area (Å²) in [7, 11) is 0. The topological polar surface area (TPSA) is 315 Å². The van der Waals surface area contributed by atoms with Gasteiger partial charge in [0.05, 0.1) is 24.2 Å². The molecule has 23 nitrogen and oxygen atoms in total. The number of carboxylic acids is 1. The monoisotopic (exact) mass is 935 g/mol. The number of thioether (sulfide) groups is 2. The second kappa shape index (κ2) is 21.6. The van der Waals surface area contributed by atoms with Crippen LogP contribution in [0.15, 0.2) is 9.98 Å². The third-order valence-electron chi connectivity index (χ3n) is 10.1. The summed E-state index contributed by atoms with van der Waals surface area (Å²) in [5.41, 5.74) is 5.63. The van der Waals surface area contributed by atoms with E-state index in [1.165, 1.54) is 0 Å². The molecule has 0 saturated carbocycles. The number of carbonyl (C=O) groups is 10. The molecule has 6 atom stereocenters. The molecule has 0 aromatic heterocycles. The summed E-state index contributed by atoms with van der Waals surface area (Å²) >= 11 is 3.55. The van der Waals surface area contributed by atoms with Crippen LogP contribution >= 0.6 is 23.5 Å². The highest BCUT2D eigenvalue weighted by Gasteiger charge is 2.45. The molecular weight excluding hydrogens is 892 g/mol. The van der Waals surface area contributed by atoms with Crippen LogP contribution in [0, 0.1) is 0 Å². The predicted molar refractivity (Wildman–Crippen MR) is 209 cm³/mol. The first kappa shape index (κ1) is 48.4. The van der Waals surface area contributed by atoms with Crippen molar-refractivity contribution in [2.24, 2.45) is 15.7 Å². The van der Waals surface area contributed by atoms with Gasteiger partial charge in [-0.3, -0.25) is 53.3 Å². The van der Waals surface area contributed by atoms with Gasteiger partial charge in [-0.05, 0) is 25.7 Å². The van der Waals surface area contributed by atoms with Crippen LogP contribution in [-0.2, 0) is 57.7 Å². The highest BCUT2D eigenvalue weighted by molar-refractivity contribution is 8.00. The van der Waals surface area contributed by atoms with Crippen molar-refractivity contribution in [3.05, 3.63) is 0 Å². The first-order valence-electron chi connectivity index (χ1n) is 19.8. The van der Waals surface area contributed by atoms with E-state index in [1.54, 1.807) is 17.1 Å². The number of halogens is 3. The van der Waals surface area contributed by atoms with Crippen LogP contribution in [0.5, 0.6) is 0 Å². The van der Waals surface area contributed by atoms with E-state index in [2.05, 4.69) is 30.3 Å². The maximum Gasteiger partial charge on any atom is 0.560 e. The van der Waals surface area contributed by atoms with Gasteiger partial charge in [-0.25, -0.2) is 14.8 Å². The fourth-order valence-electron chi connectivity index (χ4n) is 7.00. The Balaban J connectivity index is 0.000000189. The molecule has 63 heavy (non-hydrogen) atoms. The average Bonchev–Trinajstić information content (AvgIpc) is 4.10. The molecule has 5 fully saturated rings. The van der Waals surface area contributed by atoms with Gasteiger partial charge < -0.3 is 26.3 Å². The van der Waals surface area contributed by atoms with Crippen LogP contribution in [-0.4, -0.2) is 144 Å². The summed E-state index contributed by atoms with van der Waals surface area (Å²) in [6.07, 6.45) is -1.79. The van der Waals surface area contributed by atoms with Gasteiger partial charge in [0.1, 0.15) is 0 Å². The number of nitrogens with one attached hydrogen (secondary N) is 3. The summed E-state index contributed by atoms with van der Waals surface area (Å²) in [5, 5.41) is 17.8. The van der Waals surface area contributed by atoms with Crippen LogP contribution in [0.1, 0.15) is 89.9 Å². The van der Waals surface area contributed by atoms with E-state index < -0.39 is 65.6 Å². The standard InChI is InChI=1S/C16H19F3N4O5S.C10H17N3O2S.C9H8N2O7/c17-16(18,19)14(27)22-15-20-8-7-29-9(13(8)21-15)3-1-2-4-12(26)28-23-10(24)5-6-11(23)25;11-10-12-6-5-16-7(9(6)13-10)3-1-2-4-8(14)15;12-5-1-2-6(13)10(5)17-9(16)18-11-7(14)3-4-8(11)15/h8-9,13H,1-7H2,(H2,20,21,22,27);6-7,9H,1-5H2,(H,14,15)(H3,11,12,13);1-4H2/t8-,9-,13-;6-,7-,9-;/m00./s1. The number of hydroxylamine groups is 6. The molecule has 7 aliphatic rings. The highest BCUT2D eigenvalue weighted by Crippen LogP contribution is 2.36. The van der Waals surface area contributed by atoms with Gasteiger partial charge in [0.25, 0.3) is 35.4 Å². The summed E-state index contributed by atoms with van der Waals surface area (Å²) in [5.74, 6) is -5.15. The number of carboxylic acid groups (broad SMARTS) is 1. The Hall–Kier alpha value is -5.67. The number of rotatable bonds is 13. The Morgan fingerprint density at radius 1 is 0.683 bits per heavy atom. The quantitative estimate of drug-likeness (QED) is 0.123. The number of nitrogens with zero attached hydrogens (tertiary/aromatic N) is 5. The van der Waals surface area contributed by atoms with Crippen LogP contribution in [0.2, 0.25) is 0 Å². The second-order valence-electron chi connectivity index (χ2n) is 14.7. The number of imide groups is 3. The Morgan fingerprint density at radius 2 is 1.11 bits per heavy atom. The van der Waals surface area contributed by atoms with Crippen LogP contribution in [0.25, 0.3) is 0 Å². The van der Waals surface area contributed by atoms with Gasteiger partial charge in [0.2, 0.25) is 0 Å². The number of hydrogen-bond acceptors (Lipinski definition) is 20. The van der Waals surface area contributed by atoms with E-state index in [9.17, 15) is 61.1 Å². The van der Waals surface area contributed by atoms with E-state index in [0.29, 0.717) is 53.4 Å². The van der Waals surface area contributed by atoms with E-state index in [1.807, 2.05) is 11.8 Å². The molecule has 7 rings (SSSR count). The molecule has 0 unspecified atom stereocenters. The molecule has 5 saturated heterocycles. The zero-order valence-corrected chi connectivity index (χ0v) is 34.9. The minimum Gasteiger partial charge on any atom is -0.481 e. The number of aliphatic imine (C=N–C) groups is 2. The second-order valence-corrected chi connectivity index (χ2v) is 17.2. The normalized spacial score (nSPS) is 25.9. The SMILES string of the molecule is NC1=N[C@H]2[C@H](CS[C@H]2CCCCC(=O)O)N1.O=C(CCCC[C@@H]1SC[C@@H]2NC(NC(=O)C(F)(F)F)=N[C@@H]21)ON1C(=O)CCC1=O.O=C(ON1C(=O)CCC1=O)ON1C(=O)CCC1=O. The number of nitrogens with two attached hydrogens (primary N) is 1. The van der Waals surface area contributed by atoms with Gasteiger partial charge in [-0.1, -0.05) is 23.0 Å². The van der Waals surface area contributed by atoms with Crippen molar-refractivity contribution >= 4 is 94.9 Å². The van der Waals surface area contributed by atoms with Crippen LogP contribution in [0.3, 0.4) is 0 Å². The molecular formula is C35H44F3N9O14S2. The van der Waals surface area contributed by atoms with Gasteiger partial charge in [0.15, 0.2) is 11.9 Å². The average molecular weight is 936 g/mol. The maximum absolute atomic E-state index is 12.3. The van der Waals surface area contributed by atoms with Gasteiger partial charge >= 0.3 is 30.2 Å². The Labute approximate surface area is 364 Å². The molecule has 0 aromatic carbocycles. The van der Waals surface area contributed by atoms with Gasteiger partial charge in [-0.2, -0.15) is 41.5 Å². The number of amides is 7. The minimum atomic E-state index is -4.98. The third kappa shape index (κ3) is 13.4. The predicted octanol–water partition coefficient (Wildman–Crippen LogP) is 0.314. The van der Waals surface area contributed by atoms with Crippen molar-refractivity contribution < 1.29 is 80.7 Å². The van der Waals surface area contributed by atoms with E-state index in [-0.39, 0.29) is 84.8 Å². The van der Waals surface area contributed by atoms with Crippen molar-refractivity contribution in [3.8, 4) is 0 Å². The first-order chi connectivity index (χ1) is 29.8. The molecule has 7 aliphatic heterocycles. The Morgan fingerprint density at radius 3 is 1.57 bits per heavy atom. The van der Waals surface area contributed by atoms with Crippen molar-refractivity contribution in [1.29, 1.82) is 0 Å². The van der Waals surface area contributed by atoms with Crippen molar-refractivity contribution in [2.75, 3.05) is 11.5 Å². The Kier molecular flexibility index (Phi) is 16.6. The summed E-state index contributed by atoms with van der Waals surface area (Å²) in [6, 6.07) is 0.297. The number of hydrogen-bond donors (Lipinski definition) is 5. The molecule has 6 N–H and O–H groups in total. The lowest BCUT2D eigenvalue weighted by Gasteiger charge is -2.15. The van der Waals surface area contributed by atoms with Gasteiger partial charge in [-0.15, -0.1) is 5.06 Å². The van der Waals surface area contributed by atoms with E-state index in [4.69, 9.17) is 15.7 Å². The highest BCUT2D eigenvalue weighted by atomic mass is 32.2. The lowest BCUT2D eigenvalue weighted by Crippen LogP contribution is -2.47. The molecule has 28 heteroatoms. The first-order valence-corrected chi connectivity index (χ1v) is 21.9. The third-order valence-corrected chi connectivity index (χ3v) is 13.1. The van der Waals surface area contributed by atoms with Crippen molar-refractivity contribution in [1.82, 2.24) is 31.1 Å². The van der Waals surface area contributed by atoms with E-state index >= 15 is 0 Å². The lowest BCUT2D eigenvalue weighted by atomic mass is 10.0. The maximum atomic E-state index is 12.3. The van der Waals surface area contributed by atoms with Crippen molar-refractivity contribution in [3.63, 3.8) is 0 Å². The Bertz CT molecular complexity index is 1840. The lowest BCUT2D eigenvalue weighted by molar-refractivity contribution is -0.198. The van der Waals surface area contributed by atoms with Gasteiger partial charge in [0, 0.05) is 73.4 Å². The van der Waals surface area contributed by atoms with Crippen molar-refractivity contribution in [2.45, 2.75) is 131 Å². The number of aliphatic carboxylic acids is 1. The van der Waals surface area contributed by atoms with Crippen LogP contribution in [0.4, 0.5) is 18.0 Å². The summed E-state index contributed by atoms with van der Waals surface area (Å²) in [6.45, 7) is 0. The molecule has 0 aromatic rings. The molecule has 0 aliphatic carbocycles. The summed E-state index contributed by atoms with van der Waals surface area (Å²) < 4.78 is 37.0. The fraction of sp³-hybridized carbons (Fsp3) is 0.657. The zero-order chi connectivity index (χ0) is 46.0.